The van der Waals surface area contributed by atoms with E-state index in [1.807, 2.05) is 6.07 Å². The Morgan fingerprint density at radius 2 is 1.92 bits per heavy atom. The van der Waals surface area contributed by atoms with Crippen molar-refractivity contribution in [2.75, 3.05) is 0 Å². The first-order valence-electron chi connectivity index (χ1n) is 12.1. The number of halogens is 1. The van der Waals surface area contributed by atoms with Gasteiger partial charge in [-0.25, -0.2) is 4.39 Å². The normalized spacial score (nSPS) is 14.0. The van der Waals surface area contributed by atoms with Gasteiger partial charge < -0.3 is 18.9 Å². The monoisotopic (exact) mass is 504 g/mol. The third kappa shape index (κ3) is 7.14. The second-order valence-corrected chi connectivity index (χ2v) is 9.98. The number of carboxylic acid groups (broad SMARTS) is 1. The summed E-state index contributed by atoms with van der Waals surface area (Å²) in [7, 11) is 0. The van der Waals surface area contributed by atoms with Gasteiger partial charge in [-0.3, -0.25) is 4.79 Å². The molecule has 0 saturated heterocycles. The van der Waals surface area contributed by atoms with E-state index in [9.17, 15) is 19.1 Å². The van der Waals surface area contributed by atoms with E-state index in [4.69, 9.17) is 9.05 Å². The Bertz CT molecular complexity index is 1210. The molecule has 1 fully saturated rings. The minimum absolute atomic E-state index is 0. The Morgan fingerprint density at radius 1 is 1.17 bits per heavy atom. The van der Waals surface area contributed by atoms with Gasteiger partial charge in [0, 0.05) is 42.8 Å². The van der Waals surface area contributed by atoms with Gasteiger partial charge in [0.25, 0.3) is 0 Å². The van der Waals surface area contributed by atoms with Crippen molar-refractivity contribution < 1.29 is 57.7 Å². The summed E-state index contributed by atoms with van der Waals surface area (Å²) in [6.07, 6.45) is 2.56. The van der Waals surface area contributed by atoms with Crippen LogP contribution in [0, 0.1) is 18.7 Å². The molecular weight excluding hydrogens is 474 g/mol. The maximum atomic E-state index is 14.3. The van der Waals surface area contributed by atoms with E-state index in [1.54, 1.807) is 19.1 Å². The Balaban J connectivity index is 0.00000361. The molecule has 0 radical (unpaired) electrons. The summed E-state index contributed by atoms with van der Waals surface area (Å²) >= 11 is 0. The number of rotatable bonds is 12. The maximum Gasteiger partial charge on any atom is 1.00 e. The quantitative estimate of drug-likeness (QED) is 0.345. The van der Waals surface area contributed by atoms with Gasteiger partial charge in [-0.2, -0.15) is 0 Å². The Labute approximate surface area is 232 Å². The SMILES string of the molecule is Cc1ccc(CC(=O)C[C@H](CCC(=O)[O-])c2noc(-c3cc(CC(C)C)on3)c2C2CC2)c(F)c1.[Na+]. The third-order valence-corrected chi connectivity index (χ3v) is 6.30. The molecule has 4 rings (SSSR count). The van der Waals surface area contributed by atoms with Crippen molar-refractivity contribution in [1.82, 2.24) is 10.3 Å². The molecule has 36 heavy (non-hydrogen) atoms. The molecule has 0 N–H and O–H groups in total. The molecule has 0 unspecified atom stereocenters. The number of carboxylic acids is 1. The number of Topliss-reactive ketones (excluding diaryl/α,β-unsaturated/α-hetero) is 1. The van der Waals surface area contributed by atoms with Gasteiger partial charge in [-0.15, -0.1) is 0 Å². The van der Waals surface area contributed by atoms with E-state index in [-0.39, 0.29) is 66.9 Å². The van der Waals surface area contributed by atoms with Gasteiger partial charge in [0.1, 0.15) is 17.4 Å². The zero-order valence-corrected chi connectivity index (χ0v) is 23.3. The molecule has 0 spiro atoms. The molecule has 1 atom stereocenters. The average Bonchev–Trinajstić information content (AvgIpc) is 3.36. The molecule has 3 aromatic rings. The second kappa shape index (κ2) is 12.3. The van der Waals surface area contributed by atoms with Gasteiger partial charge in [0.2, 0.25) is 0 Å². The van der Waals surface area contributed by atoms with Crippen LogP contribution in [-0.2, 0) is 22.4 Å². The van der Waals surface area contributed by atoms with Gasteiger partial charge in [-0.1, -0.05) is 36.3 Å². The third-order valence-electron chi connectivity index (χ3n) is 6.30. The summed E-state index contributed by atoms with van der Waals surface area (Å²) in [5.41, 5.74) is 3.09. The first kappa shape index (κ1) is 28.3. The van der Waals surface area contributed by atoms with Crippen molar-refractivity contribution in [3.05, 3.63) is 58.2 Å². The fourth-order valence-corrected chi connectivity index (χ4v) is 4.46. The van der Waals surface area contributed by atoms with E-state index >= 15 is 0 Å². The molecule has 2 aromatic heterocycles. The van der Waals surface area contributed by atoms with Crippen molar-refractivity contribution in [1.29, 1.82) is 0 Å². The van der Waals surface area contributed by atoms with Crippen LogP contribution in [0.2, 0.25) is 0 Å². The van der Waals surface area contributed by atoms with Crippen LogP contribution in [0.3, 0.4) is 0 Å². The topological polar surface area (TPSA) is 109 Å². The van der Waals surface area contributed by atoms with Gasteiger partial charge in [-0.05, 0) is 61.6 Å². The van der Waals surface area contributed by atoms with Crippen LogP contribution in [0.1, 0.15) is 85.9 Å². The number of hydrogen-bond donors (Lipinski definition) is 0. The van der Waals surface area contributed by atoms with Crippen LogP contribution < -0.4 is 34.7 Å². The number of aliphatic carboxylic acids is 1. The van der Waals surface area contributed by atoms with Crippen LogP contribution in [0.4, 0.5) is 4.39 Å². The van der Waals surface area contributed by atoms with E-state index < -0.39 is 17.7 Å². The summed E-state index contributed by atoms with van der Waals surface area (Å²) in [6, 6.07) is 6.62. The zero-order valence-electron chi connectivity index (χ0n) is 21.3. The van der Waals surface area contributed by atoms with Crippen LogP contribution >= 0.6 is 0 Å². The number of ketones is 1. The molecule has 0 aliphatic heterocycles. The van der Waals surface area contributed by atoms with Crippen LogP contribution in [0.15, 0.2) is 33.3 Å². The molecule has 1 saturated carbocycles. The number of aryl methyl sites for hydroxylation is 1. The molecule has 1 aliphatic carbocycles. The Hall–Kier alpha value is -2.29. The van der Waals surface area contributed by atoms with E-state index in [1.165, 1.54) is 6.07 Å². The number of carbonyl (C=O) groups excluding carboxylic acids is 2. The second-order valence-electron chi connectivity index (χ2n) is 9.98. The number of nitrogens with zero attached hydrogens (tertiary/aromatic N) is 2. The minimum atomic E-state index is -1.20. The van der Waals surface area contributed by atoms with Crippen molar-refractivity contribution in [3.8, 4) is 11.5 Å². The standard InChI is InChI=1S/C27H31FN2O5.Na/c1-15(2)10-21-14-23(29-34-21)27-25(17-6-7-17)26(30-35-27)19(8-9-24(32)33)13-20(31)12-18-5-4-16(3)11-22(18)28;/h4-5,11,14-15,17,19H,6-10,12-13H2,1-3H3,(H,32,33);/q;+1/p-1/t19-;/m0./s1. The predicted octanol–water partition coefficient (Wildman–Crippen LogP) is 1.67. The summed E-state index contributed by atoms with van der Waals surface area (Å²) in [6.45, 7) is 5.96. The van der Waals surface area contributed by atoms with Crippen molar-refractivity contribution in [2.24, 2.45) is 5.92 Å². The number of hydrogen-bond acceptors (Lipinski definition) is 7. The molecule has 1 aromatic carbocycles. The smallest absolute Gasteiger partial charge is 0.550 e. The van der Waals surface area contributed by atoms with E-state index in [0.29, 0.717) is 28.6 Å². The van der Waals surface area contributed by atoms with Gasteiger partial charge in [0.05, 0.1) is 5.69 Å². The molecule has 9 heteroatoms. The molecule has 2 heterocycles. The Kier molecular flexibility index (Phi) is 9.66. The first-order chi connectivity index (χ1) is 16.7. The molecule has 0 bridgehead atoms. The summed E-state index contributed by atoms with van der Waals surface area (Å²) in [5.74, 6) is -0.412. The van der Waals surface area contributed by atoms with Gasteiger partial charge >= 0.3 is 29.6 Å². The summed E-state index contributed by atoms with van der Waals surface area (Å²) in [4.78, 5) is 24.2. The summed E-state index contributed by atoms with van der Waals surface area (Å²) < 4.78 is 25.5. The Morgan fingerprint density at radius 3 is 2.56 bits per heavy atom. The molecule has 7 nitrogen and oxygen atoms in total. The molecule has 0 amide bonds. The zero-order chi connectivity index (χ0) is 25.1. The first-order valence-corrected chi connectivity index (χ1v) is 12.1. The van der Waals surface area contributed by atoms with Crippen LogP contribution in [-0.4, -0.2) is 22.1 Å². The number of aromatic nitrogens is 2. The average molecular weight is 505 g/mol. The summed E-state index contributed by atoms with van der Waals surface area (Å²) in [5, 5.41) is 19.7. The van der Waals surface area contributed by atoms with Crippen molar-refractivity contribution >= 4 is 11.8 Å². The van der Waals surface area contributed by atoms with Crippen molar-refractivity contribution in [3.63, 3.8) is 0 Å². The van der Waals surface area contributed by atoms with E-state index in [2.05, 4.69) is 24.2 Å². The largest absolute Gasteiger partial charge is 1.00 e. The van der Waals surface area contributed by atoms with Crippen molar-refractivity contribution in [2.45, 2.75) is 77.6 Å². The fourth-order valence-electron chi connectivity index (χ4n) is 4.46. The minimum Gasteiger partial charge on any atom is -0.550 e. The van der Waals surface area contributed by atoms with Crippen LogP contribution in [0.25, 0.3) is 11.5 Å². The number of carbonyl (C=O) groups is 2. The predicted molar refractivity (Wildman–Crippen MR) is 124 cm³/mol. The van der Waals surface area contributed by atoms with Crippen LogP contribution in [0.5, 0.6) is 0 Å². The molecular formula is C27H30FN2NaO5. The molecule has 186 valence electrons. The van der Waals surface area contributed by atoms with Gasteiger partial charge in [0.15, 0.2) is 11.5 Å². The molecule has 1 aliphatic rings. The maximum absolute atomic E-state index is 14.3. The fraction of sp³-hybridized carbons (Fsp3) is 0.481. The number of benzene rings is 1. The van der Waals surface area contributed by atoms with E-state index in [0.717, 1.165) is 36.1 Å².